The quantitative estimate of drug-likeness (QED) is 0.881. The number of carbonyl (C=O) groups is 1. The van der Waals surface area contributed by atoms with Crippen molar-refractivity contribution in [3.8, 4) is 0 Å². The van der Waals surface area contributed by atoms with Gasteiger partial charge in [-0.2, -0.15) is 0 Å². The SMILES string of the molecule is Cc1ccc2c(c1)C(Cc1ccccc1Cl)C(=O)N2. The minimum Gasteiger partial charge on any atom is -0.325 e. The molecule has 0 bridgehead atoms. The van der Waals surface area contributed by atoms with Crippen LogP contribution in [-0.2, 0) is 11.2 Å². The van der Waals surface area contributed by atoms with Crippen molar-refractivity contribution >= 4 is 23.2 Å². The third-order valence-electron chi connectivity index (χ3n) is 3.54. The minimum absolute atomic E-state index is 0.0560. The fourth-order valence-electron chi connectivity index (χ4n) is 2.53. The highest BCUT2D eigenvalue weighted by atomic mass is 35.5. The van der Waals surface area contributed by atoms with Crippen LogP contribution < -0.4 is 5.32 Å². The van der Waals surface area contributed by atoms with Crippen LogP contribution in [0.5, 0.6) is 0 Å². The second-order valence-corrected chi connectivity index (χ2v) is 5.34. The molecule has 0 spiro atoms. The molecule has 1 N–H and O–H groups in total. The Kier molecular flexibility index (Phi) is 3.03. The lowest BCUT2D eigenvalue weighted by atomic mass is 9.92. The molecule has 2 aromatic carbocycles. The Balaban J connectivity index is 1.97. The predicted molar refractivity (Wildman–Crippen MR) is 77.7 cm³/mol. The summed E-state index contributed by atoms with van der Waals surface area (Å²) in [5, 5.41) is 3.65. The zero-order valence-corrected chi connectivity index (χ0v) is 11.4. The Morgan fingerprint density at radius 1 is 1.21 bits per heavy atom. The number of anilines is 1. The molecular formula is C16H14ClNO. The van der Waals surface area contributed by atoms with Gasteiger partial charge in [-0.15, -0.1) is 0 Å². The van der Waals surface area contributed by atoms with E-state index in [4.69, 9.17) is 11.6 Å². The highest BCUT2D eigenvalue weighted by molar-refractivity contribution is 6.31. The summed E-state index contributed by atoms with van der Waals surface area (Å²) in [6.07, 6.45) is 0.641. The predicted octanol–water partition coefficient (Wildman–Crippen LogP) is 3.93. The van der Waals surface area contributed by atoms with Gasteiger partial charge in [0.2, 0.25) is 5.91 Å². The highest BCUT2D eigenvalue weighted by Crippen LogP contribution is 2.36. The Labute approximate surface area is 117 Å². The molecule has 0 saturated heterocycles. The molecular weight excluding hydrogens is 258 g/mol. The number of rotatable bonds is 2. The average Bonchev–Trinajstić information content (AvgIpc) is 2.69. The summed E-state index contributed by atoms with van der Waals surface area (Å²) in [4.78, 5) is 12.1. The number of hydrogen-bond donors (Lipinski definition) is 1. The van der Waals surface area contributed by atoms with E-state index in [0.29, 0.717) is 6.42 Å². The fourth-order valence-corrected chi connectivity index (χ4v) is 2.74. The molecule has 96 valence electrons. The van der Waals surface area contributed by atoms with Gasteiger partial charge in [-0.25, -0.2) is 0 Å². The maximum atomic E-state index is 12.1. The zero-order valence-electron chi connectivity index (χ0n) is 10.6. The number of fused-ring (bicyclic) bond motifs is 1. The van der Waals surface area contributed by atoms with Crippen LogP contribution in [0.1, 0.15) is 22.6 Å². The van der Waals surface area contributed by atoms with Crippen molar-refractivity contribution in [2.45, 2.75) is 19.3 Å². The van der Waals surface area contributed by atoms with Crippen molar-refractivity contribution in [1.82, 2.24) is 0 Å². The Morgan fingerprint density at radius 2 is 2.00 bits per heavy atom. The zero-order chi connectivity index (χ0) is 13.4. The standard InChI is InChI=1S/C16H14ClNO/c1-10-6-7-15-12(8-10)13(16(19)18-15)9-11-4-2-3-5-14(11)17/h2-8,13H,9H2,1H3,(H,18,19). The van der Waals surface area contributed by atoms with Gasteiger partial charge in [0.05, 0.1) is 5.92 Å². The first-order valence-electron chi connectivity index (χ1n) is 6.30. The summed E-state index contributed by atoms with van der Waals surface area (Å²) < 4.78 is 0. The van der Waals surface area contributed by atoms with Gasteiger partial charge in [0.1, 0.15) is 0 Å². The van der Waals surface area contributed by atoms with Gasteiger partial charge in [-0.05, 0) is 36.6 Å². The first kappa shape index (κ1) is 12.2. The molecule has 1 aliphatic heterocycles. The van der Waals surface area contributed by atoms with E-state index in [0.717, 1.165) is 21.8 Å². The first-order valence-corrected chi connectivity index (χ1v) is 6.68. The average molecular weight is 272 g/mol. The summed E-state index contributed by atoms with van der Waals surface area (Å²) in [5.41, 5.74) is 4.18. The monoisotopic (exact) mass is 271 g/mol. The summed E-state index contributed by atoms with van der Waals surface area (Å²) >= 11 is 6.18. The van der Waals surface area contributed by atoms with Gasteiger partial charge in [0.15, 0.2) is 0 Å². The summed E-state index contributed by atoms with van der Waals surface area (Å²) in [7, 11) is 0. The van der Waals surface area contributed by atoms with Gasteiger partial charge in [-0.1, -0.05) is 47.5 Å². The molecule has 0 radical (unpaired) electrons. The van der Waals surface area contributed by atoms with Gasteiger partial charge in [0, 0.05) is 10.7 Å². The molecule has 1 unspecified atom stereocenters. The second-order valence-electron chi connectivity index (χ2n) is 4.93. The van der Waals surface area contributed by atoms with Crippen molar-refractivity contribution in [2.24, 2.45) is 0 Å². The van der Waals surface area contributed by atoms with Gasteiger partial charge >= 0.3 is 0 Å². The van der Waals surface area contributed by atoms with Crippen molar-refractivity contribution in [2.75, 3.05) is 5.32 Å². The third kappa shape index (κ3) is 2.24. The van der Waals surface area contributed by atoms with E-state index in [-0.39, 0.29) is 11.8 Å². The lowest BCUT2D eigenvalue weighted by molar-refractivity contribution is -0.117. The number of carbonyl (C=O) groups excluding carboxylic acids is 1. The molecule has 2 nitrogen and oxygen atoms in total. The molecule has 2 aromatic rings. The lowest BCUT2D eigenvalue weighted by Gasteiger charge is -2.10. The van der Waals surface area contributed by atoms with E-state index < -0.39 is 0 Å². The number of aryl methyl sites for hydroxylation is 1. The van der Waals surface area contributed by atoms with Crippen LogP contribution in [-0.4, -0.2) is 5.91 Å². The highest BCUT2D eigenvalue weighted by Gasteiger charge is 2.30. The number of nitrogens with one attached hydrogen (secondary N) is 1. The van der Waals surface area contributed by atoms with Crippen LogP contribution in [0.2, 0.25) is 5.02 Å². The van der Waals surface area contributed by atoms with Gasteiger partial charge in [0.25, 0.3) is 0 Å². The molecule has 19 heavy (non-hydrogen) atoms. The molecule has 1 heterocycles. The smallest absolute Gasteiger partial charge is 0.232 e. The number of hydrogen-bond acceptors (Lipinski definition) is 1. The Hall–Kier alpha value is -1.80. The van der Waals surface area contributed by atoms with Crippen LogP contribution in [0.15, 0.2) is 42.5 Å². The molecule has 1 amide bonds. The lowest BCUT2D eigenvalue weighted by Crippen LogP contribution is -2.14. The maximum Gasteiger partial charge on any atom is 0.232 e. The fraction of sp³-hybridized carbons (Fsp3) is 0.188. The van der Waals surface area contributed by atoms with Crippen LogP contribution in [0.25, 0.3) is 0 Å². The van der Waals surface area contributed by atoms with Crippen molar-refractivity contribution < 1.29 is 4.79 Å². The van der Waals surface area contributed by atoms with E-state index in [9.17, 15) is 4.79 Å². The summed E-state index contributed by atoms with van der Waals surface area (Å²) in [6.45, 7) is 2.04. The van der Waals surface area contributed by atoms with Crippen LogP contribution >= 0.6 is 11.6 Å². The van der Waals surface area contributed by atoms with E-state index in [1.165, 1.54) is 5.56 Å². The number of benzene rings is 2. The van der Waals surface area contributed by atoms with Crippen LogP contribution in [0.3, 0.4) is 0 Å². The minimum atomic E-state index is -0.144. The maximum absolute atomic E-state index is 12.1. The molecule has 3 rings (SSSR count). The summed E-state index contributed by atoms with van der Waals surface area (Å²) in [6, 6.07) is 13.7. The number of halogens is 1. The molecule has 3 heteroatoms. The summed E-state index contributed by atoms with van der Waals surface area (Å²) in [5.74, 6) is -0.0877. The Bertz CT molecular complexity index is 651. The van der Waals surface area contributed by atoms with E-state index in [2.05, 4.69) is 11.4 Å². The van der Waals surface area contributed by atoms with E-state index in [1.54, 1.807) is 0 Å². The molecule has 1 atom stereocenters. The molecule has 0 saturated carbocycles. The van der Waals surface area contributed by atoms with Gasteiger partial charge in [-0.3, -0.25) is 4.79 Å². The second kappa shape index (κ2) is 4.71. The largest absolute Gasteiger partial charge is 0.325 e. The first-order chi connectivity index (χ1) is 9.15. The third-order valence-corrected chi connectivity index (χ3v) is 3.91. The molecule has 0 aromatic heterocycles. The molecule has 0 fully saturated rings. The normalized spacial score (nSPS) is 17.2. The Morgan fingerprint density at radius 3 is 2.79 bits per heavy atom. The van der Waals surface area contributed by atoms with Crippen molar-refractivity contribution in [1.29, 1.82) is 0 Å². The van der Waals surface area contributed by atoms with E-state index in [1.807, 2.05) is 43.3 Å². The van der Waals surface area contributed by atoms with E-state index >= 15 is 0 Å². The van der Waals surface area contributed by atoms with Crippen LogP contribution in [0, 0.1) is 6.92 Å². The molecule has 0 aliphatic carbocycles. The van der Waals surface area contributed by atoms with Gasteiger partial charge < -0.3 is 5.32 Å². The number of amides is 1. The molecule has 1 aliphatic rings. The van der Waals surface area contributed by atoms with Crippen molar-refractivity contribution in [3.63, 3.8) is 0 Å². The van der Waals surface area contributed by atoms with Crippen LogP contribution in [0.4, 0.5) is 5.69 Å². The van der Waals surface area contributed by atoms with Crippen molar-refractivity contribution in [3.05, 3.63) is 64.2 Å². The topological polar surface area (TPSA) is 29.1 Å².